The molecule has 0 fully saturated rings. The fourth-order valence-electron chi connectivity index (χ4n) is 1.93. The molecule has 1 unspecified atom stereocenters. The first-order chi connectivity index (χ1) is 7.72. The van der Waals surface area contributed by atoms with Gasteiger partial charge in [-0.25, -0.2) is 0 Å². The third kappa shape index (κ3) is 2.02. The van der Waals surface area contributed by atoms with Gasteiger partial charge in [-0.05, 0) is 24.5 Å². The number of hydrogen-bond acceptors (Lipinski definition) is 2. The molecule has 1 aliphatic rings. The maximum atomic E-state index is 11.7. The Labute approximate surface area is 99.0 Å². The van der Waals surface area contributed by atoms with Crippen molar-refractivity contribution in [3.8, 4) is 6.07 Å². The summed E-state index contributed by atoms with van der Waals surface area (Å²) in [6, 6.07) is 7.66. The van der Waals surface area contributed by atoms with Crippen molar-refractivity contribution in [3.05, 3.63) is 28.8 Å². The van der Waals surface area contributed by atoms with E-state index in [0.717, 1.165) is 11.3 Å². The Bertz CT molecular complexity index is 465. The molecule has 4 heteroatoms. The topological polar surface area (TPSA) is 52.9 Å². The smallest absolute Gasteiger partial charge is 0.227 e. The van der Waals surface area contributed by atoms with Gasteiger partial charge >= 0.3 is 0 Å². The molecule has 2 rings (SSSR count). The van der Waals surface area contributed by atoms with Gasteiger partial charge < -0.3 is 5.32 Å². The lowest BCUT2D eigenvalue weighted by Crippen LogP contribution is -2.29. The Balaban J connectivity index is 2.22. The van der Waals surface area contributed by atoms with Crippen LogP contribution < -0.4 is 5.32 Å². The summed E-state index contributed by atoms with van der Waals surface area (Å²) in [5, 5.41) is 11.9. The van der Waals surface area contributed by atoms with Gasteiger partial charge in [-0.1, -0.05) is 23.7 Å². The van der Waals surface area contributed by atoms with Crippen LogP contribution in [0.15, 0.2) is 18.2 Å². The van der Waals surface area contributed by atoms with Crippen molar-refractivity contribution >= 4 is 23.2 Å². The maximum absolute atomic E-state index is 11.7. The lowest BCUT2D eigenvalue weighted by Gasteiger charge is -2.24. The quantitative estimate of drug-likeness (QED) is 0.856. The third-order valence-corrected chi connectivity index (χ3v) is 3.10. The van der Waals surface area contributed by atoms with E-state index in [4.69, 9.17) is 16.9 Å². The first-order valence-electron chi connectivity index (χ1n) is 5.17. The summed E-state index contributed by atoms with van der Waals surface area (Å²) in [5.41, 5.74) is 1.78. The van der Waals surface area contributed by atoms with Gasteiger partial charge in [-0.2, -0.15) is 5.26 Å². The monoisotopic (exact) mass is 234 g/mol. The second-order valence-electron chi connectivity index (χ2n) is 3.86. The van der Waals surface area contributed by atoms with E-state index in [2.05, 4.69) is 11.4 Å². The van der Waals surface area contributed by atoms with E-state index in [1.54, 1.807) is 6.07 Å². The molecule has 0 bridgehead atoms. The summed E-state index contributed by atoms with van der Waals surface area (Å²) in [5.74, 6) is -0.138. The van der Waals surface area contributed by atoms with Crippen LogP contribution in [-0.2, 0) is 11.2 Å². The number of carbonyl (C=O) groups excluding carboxylic acids is 1. The van der Waals surface area contributed by atoms with Crippen LogP contribution in [0.3, 0.4) is 0 Å². The van der Waals surface area contributed by atoms with Crippen molar-refractivity contribution in [2.45, 2.75) is 19.3 Å². The normalized spacial score (nSPS) is 18.5. The second-order valence-corrected chi connectivity index (χ2v) is 4.27. The van der Waals surface area contributed by atoms with Crippen molar-refractivity contribution < 1.29 is 4.79 Å². The Morgan fingerprint density at radius 2 is 2.38 bits per heavy atom. The molecular weight excluding hydrogens is 224 g/mol. The molecule has 0 saturated heterocycles. The number of halogens is 1. The number of amides is 1. The Morgan fingerprint density at radius 1 is 1.56 bits per heavy atom. The largest absolute Gasteiger partial charge is 0.324 e. The average Bonchev–Trinajstić information content (AvgIpc) is 2.28. The SMILES string of the molecule is N#CCCC1Cc2cccc(Cl)c2NC1=O. The number of rotatable bonds is 2. The molecule has 1 amide bonds. The van der Waals surface area contributed by atoms with Gasteiger partial charge in [0.15, 0.2) is 0 Å². The van der Waals surface area contributed by atoms with Crippen molar-refractivity contribution in [2.75, 3.05) is 5.32 Å². The van der Waals surface area contributed by atoms with Gasteiger partial charge in [0.05, 0.1) is 16.8 Å². The van der Waals surface area contributed by atoms with Gasteiger partial charge in [-0.3, -0.25) is 4.79 Å². The fourth-order valence-corrected chi connectivity index (χ4v) is 2.18. The molecule has 0 spiro atoms. The van der Waals surface area contributed by atoms with E-state index in [1.165, 1.54) is 0 Å². The fraction of sp³-hybridized carbons (Fsp3) is 0.333. The van der Waals surface area contributed by atoms with Crippen LogP contribution in [-0.4, -0.2) is 5.91 Å². The number of nitrogens with one attached hydrogen (secondary N) is 1. The summed E-state index contributed by atoms with van der Waals surface area (Å²) in [7, 11) is 0. The lowest BCUT2D eigenvalue weighted by molar-refractivity contribution is -0.120. The van der Waals surface area contributed by atoms with Crippen LogP contribution in [0.2, 0.25) is 5.02 Å². The number of carbonyl (C=O) groups is 1. The van der Waals surface area contributed by atoms with E-state index in [-0.39, 0.29) is 11.8 Å². The number of hydrogen-bond donors (Lipinski definition) is 1. The molecule has 1 heterocycles. The molecular formula is C12H11ClN2O. The molecule has 0 aliphatic carbocycles. The molecule has 16 heavy (non-hydrogen) atoms. The third-order valence-electron chi connectivity index (χ3n) is 2.79. The van der Waals surface area contributed by atoms with E-state index in [1.807, 2.05) is 12.1 Å². The average molecular weight is 235 g/mol. The van der Waals surface area contributed by atoms with Crippen LogP contribution in [0, 0.1) is 17.2 Å². The van der Waals surface area contributed by atoms with Crippen molar-refractivity contribution in [1.29, 1.82) is 5.26 Å². The highest BCUT2D eigenvalue weighted by Crippen LogP contribution is 2.33. The summed E-state index contributed by atoms with van der Waals surface area (Å²) >= 11 is 5.99. The molecule has 1 N–H and O–H groups in total. The standard InChI is InChI=1S/C12H11ClN2O/c13-10-5-1-3-8-7-9(4-2-6-14)12(16)15-11(8)10/h1,3,5,9H,2,4,7H2,(H,15,16). The summed E-state index contributed by atoms with van der Waals surface area (Å²) in [6.07, 6.45) is 1.69. The first kappa shape index (κ1) is 11.0. The number of fused-ring (bicyclic) bond motifs is 1. The number of nitriles is 1. The van der Waals surface area contributed by atoms with Gasteiger partial charge in [-0.15, -0.1) is 0 Å². The molecule has 1 aliphatic heterocycles. The predicted octanol–water partition coefficient (Wildman–Crippen LogP) is 2.75. The minimum absolute atomic E-state index is 0.0316. The lowest BCUT2D eigenvalue weighted by atomic mass is 9.90. The molecule has 0 aromatic heterocycles. The molecule has 0 saturated carbocycles. The maximum Gasteiger partial charge on any atom is 0.227 e. The highest BCUT2D eigenvalue weighted by atomic mass is 35.5. The summed E-state index contributed by atoms with van der Waals surface area (Å²) in [6.45, 7) is 0. The highest BCUT2D eigenvalue weighted by molar-refractivity contribution is 6.34. The van der Waals surface area contributed by atoms with Gasteiger partial charge in [0, 0.05) is 12.3 Å². The molecule has 1 atom stereocenters. The van der Waals surface area contributed by atoms with E-state index >= 15 is 0 Å². The summed E-state index contributed by atoms with van der Waals surface area (Å²) < 4.78 is 0. The predicted molar refractivity (Wildman–Crippen MR) is 62.1 cm³/mol. The van der Waals surface area contributed by atoms with Gasteiger partial charge in [0.25, 0.3) is 0 Å². The Morgan fingerprint density at radius 3 is 3.12 bits per heavy atom. The van der Waals surface area contributed by atoms with E-state index < -0.39 is 0 Å². The number of benzene rings is 1. The summed E-state index contributed by atoms with van der Waals surface area (Å²) in [4.78, 5) is 11.7. The van der Waals surface area contributed by atoms with Crippen LogP contribution in [0.25, 0.3) is 0 Å². The molecule has 3 nitrogen and oxygen atoms in total. The van der Waals surface area contributed by atoms with Crippen LogP contribution in [0.4, 0.5) is 5.69 Å². The molecule has 1 aromatic carbocycles. The zero-order valence-corrected chi connectivity index (χ0v) is 9.42. The minimum atomic E-state index is -0.106. The minimum Gasteiger partial charge on any atom is -0.324 e. The van der Waals surface area contributed by atoms with E-state index in [9.17, 15) is 4.79 Å². The molecule has 0 radical (unpaired) electrons. The zero-order valence-electron chi connectivity index (χ0n) is 8.66. The first-order valence-corrected chi connectivity index (χ1v) is 5.55. The van der Waals surface area contributed by atoms with Crippen LogP contribution in [0.5, 0.6) is 0 Å². The molecule has 1 aromatic rings. The number of nitrogens with zero attached hydrogens (tertiary/aromatic N) is 1. The second kappa shape index (κ2) is 4.54. The van der Waals surface area contributed by atoms with Crippen molar-refractivity contribution in [2.24, 2.45) is 5.92 Å². The van der Waals surface area contributed by atoms with Crippen molar-refractivity contribution in [1.82, 2.24) is 0 Å². The zero-order chi connectivity index (χ0) is 11.5. The number of anilines is 1. The van der Waals surface area contributed by atoms with Crippen LogP contribution >= 0.6 is 11.6 Å². The Kier molecular flexibility index (Phi) is 3.12. The van der Waals surface area contributed by atoms with Crippen LogP contribution in [0.1, 0.15) is 18.4 Å². The number of para-hydroxylation sites is 1. The molecule has 82 valence electrons. The van der Waals surface area contributed by atoms with Gasteiger partial charge in [0.1, 0.15) is 0 Å². The van der Waals surface area contributed by atoms with Crippen molar-refractivity contribution in [3.63, 3.8) is 0 Å². The van der Waals surface area contributed by atoms with Gasteiger partial charge in [0.2, 0.25) is 5.91 Å². The van der Waals surface area contributed by atoms with E-state index in [0.29, 0.717) is 24.3 Å². The highest BCUT2D eigenvalue weighted by Gasteiger charge is 2.26. The Hall–Kier alpha value is -1.53.